The summed E-state index contributed by atoms with van der Waals surface area (Å²) in [6, 6.07) is 50.5. The van der Waals surface area contributed by atoms with Crippen molar-refractivity contribution in [2.45, 2.75) is 198 Å². The molecule has 0 atom stereocenters. The molecule has 1 fully saturated rings. The number of benzene rings is 6. The highest BCUT2D eigenvalue weighted by atomic mass is 29.3. The highest BCUT2D eigenvalue weighted by Gasteiger charge is 2.42. The summed E-state index contributed by atoms with van der Waals surface area (Å²) in [6.07, 6.45) is 9.96. The van der Waals surface area contributed by atoms with Gasteiger partial charge in [-0.3, -0.25) is 0 Å². The highest BCUT2D eigenvalue weighted by molar-refractivity contribution is 7.38. The van der Waals surface area contributed by atoms with Gasteiger partial charge in [-0.15, -0.1) is 0 Å². The molecule has 0 radical (unpaired) electrons. The van der Waals surface area contributed by atoms with Crippen LogP contribution in [0.3, 0.4) is 0 Å². The van der Waals surface area contributed by atoms with E-state index in [4.69, 9.17) is 41.1 Å². The summed E-state index contributed by atoms with van der Waals surface area (Å²) < 4.78 is 54.3. The number of ether oxygens (including phenoxy) is 6. The van der Waals surface area contributed by atoms with Crippen LogP contribution in [0.2, 0.25) is 109 Å². The number of carbonyl (C=O) groups is 3. The molecule has 89 heavy (non-hydrogen) atoms. The maximum atomic E-state index is 13.4. The van der Waals surface area contributed by atoms with Gasteiger partial charge in [0.2, 0.25) is 0 Å². The van der Waals surface area contributed by atoms with Crippen LogP contribution in [0, 0.1) is 0 Å². The molecule has 0 N–H and O–H groups in total. The molecule has 0 bridgehead atoms. The van der Waals surface area contributed by atoms with Gasteiger partial charge in [-0.1, -0.05) is 136 Å². The second kappa shape index (κ2) is 31.6. The van der Waals surface area contributed by atoms with Crippen molar-refractivity contribution in [3.05, 3.63) is 179 Å². The molecule has 0 heterocycles. The lowest BCUT2D eigenvalue weighted by atomic mass is 9.65. The lowest BCUT2D eigenvalue weighted by Crippen LogP contribution is -2.56. The number of carbonyl (C=O) groups excluding carboxylic acids is 3. The first-order valence-corrected chi connectivity index (χ1v) is 52.1. The first-order chi connectivity index (χ1) is 42.0. The first kappa shape index (κ1) is 70.8. The van der Waals surface area contributed by atoms with Gasteiger partial charge in [0.25, 0.3) is 0 Å². The van der Waals surface area contributed by atoms with E-state index in [2.05, 4.69) is 115 Å². The van der Waals surface area contributed by atoms with Crippen molar-refractivity contribution in [1.29, 1.82) is 0 Å². The molecule has 6 aromatic carbocycles. The van der Waals surface area contributed by atoms with Gasteiger partial charge in [0.15, 0.2) is 41.1 Å². The van der Waals surface area contributed by atoms with Gasteiger partial charge in [0.1, 0.15) is 34.5 Å². The standard InChI is InChI=1S/C71H100O12Si6/c1-75-89(13,14)88(11,12)54-28-36-59-33-18-21-40-67(59)81-70(74)78-64-37-24-29-56(55-64)30-25-51-86(7,8)83-87(9,10)53-27-35-58-32-17-20-39-66(58)80-69(73)77-63-47-43-61(44-48-63)71(49-22-15-23-50-71)60-41-45-62(46-42-60)76-68(72)79-65-38-19-16-31-57(65)34-26-52-85(5,6)82-84(2,3)4/h16-21,24,29,31-33,37-48,55H,15,22-23,25-28,30,34-36,49-54H2,1-14H3. The van der Waals surface area contributed by atoms with Gasteiger partial charge >= 0.3 is 18.5 Å². The largest absolute Gasteiger partial charge is 0.519 e. The van der Waals surface area contributed by atoms with Crippen molar-refractivity contribution in [3.8, 4) is 34.5 Å². The smallest absolute Gasteiger partial charge is 0.456 e. The van der Waals surface area contributed by atoms with Gasteiger partial charge in [-0.25, -0.2) is 14.4 Å². The van der Waals surface area contributed by atoms with Crippen molar-refractivity contribution in [2.24, 2.45) is 0 Å². The predicted octanol–water partition coefficient (Wildman–Crippen LogP) is 20.2. The molecule has 0 saturated heterocycles. The molecular weight excluding hydrogens is 1210 g/mol. The molecule has 0 unspecified atom stereocenters. The Morgan fingerprint density at radius 3 is 1.19 bits per heavy atom. The maximum Gasteiger partial charge on any atom is 0.519 e. The summed E-state index contributed by atoms with van der Waals surface area (Å²) in [5, 5.41) is 0. The Morgan fingerprint density at radius 2 is 0.775 bits per heavy atom. The zero-order chi connectivity index (χ0) is 64.5. The minimum Gasteiger partial charge on any atom is -0.456 e. The summed E-state index contributed by atoms with van der Waals surface area (Å²) in [5.74, 6) is 2.82. The molecule has 1 aliphatic carbocycles. The van der Waals surface area contributed by atoms with Crippen molar-refractivity contribution in [3.63, 3.8) is 0 Å². The van der Waals surface area contributed by atoms with Gasteiger partial charge in [-0.05, 0) is 236 Å². The topological polar surface area (TPSA) is 134 Å². The zero-order valence-electron chi connectivity index (χ0n) is 55.8. The maximum absolute atomic E-state index is 13.4. The fourth-order valence-corrected chi connectivity index (χ4v) is 35.7. The van der Waals surface area contributed by atoms with E-state index in [0.29, 0.717) is 34.5 Å². The fourth-order valence-electron chi connectivity index (χ4n) is 12.6. The SMILES string of the molecule is CO[Si](C)(C)[Si](C)(C)CCCc1ccccc1OC(=O)Oc1cccc(CCC[Si](C)(C)O[Si](C)(C)CCCc2ccccc2OC(=O)Oc2ccc(C3(c4ccc(OC(=O)Oc5ccccc5CCC[Si](C)(C)O[Si](C)(C)C)cc4)CCCCC3)cc2)c1. The summed E-state index contributed by atoms with van der Waals surface area (Å²) in [6.45, 7) is 30.0. The van der Waals surface area contributed by atoms with Crippen LogP contribution in [0.4, 0.5) is 14.4 Å². The van der Waals surface area contributed by atoms with Gasteiger partial charge in [0.05, 0.1) is 7.59 Å². The molecule has 0 amide bonds. The predicted molar refractivity (Wildman–Crippen MR) is 375 cm³/mol. The third-order valence-electron chi connectivity index (χ3n) is 17.7. The average Bonchev–Trinajstić information content (AvgIpc) is 1.01. The zero-order valence-corrected chi connectivity index (χ0v) is 61.8. The number of hydrogen-bond acceptors (Lipinski definition) is 12. The minimum atomic E-state index is -2.06. The lowest BCUT2D eigenvalue weighted by Gasteiger charge is -2.38. The van der Waals surface area contributed by atoms with Crippen molar-refractivity contribution < 1.29 is 55.5 Å². The molecule has 0 aliphatic heterocycles. The fraction of sp³-hybridized carbons (Fsp3) is 0.451. The Labute approximate surface area is 538 Å². The second-order valence-corrected chi connectivity index (χ2v) is 61.4. The summed E-state index contributed by atoms with van der Waals surface area (Å²) in [4.78, 5) is 39.7. The number of rotatable bonds is 30. The van der Waals surface area contributed by atoms with E-state index >= 15 is 0 Å². The van der Waals surface area contributed by atoms with Crippen LogP contribution in [-0.2, 0) is 43.8 Å². The molecule has 6 aromatic rings. The monoisotopic (exact) mass is 1310 g/mol. The van der Waals surface area contributed by atoms with Crippen LogP contribution in [0.25, 0.3) is 0 Å². The van der Waals surface area contributed by atoms with Gasteiger partial charge < -0.3 is 41.1 Å². The van der Waals surface area contributed by atoms with Crippen molar-refractivity contribution in [1.82, 2.24) is 0 Å². The molecule has 12 nitrogen and oxygen atoms in total. The quantitative estimate of drug-likeness (QED) is 0.0241. The normalized spacial score (nSPS) is 14.0. The Bertz CT molecular complexity index is 3260. The molecule has 1 aliphatic rings. The first-order valence-electron chi connectivity index (χ1n) is 32.2. The molecule has 18 heteroatoms. The van der Waals surface area contributed by atoms with E-state index in [0.717, 1.165) is 141 Å². The number of aryl methyl sites for hydroxylation is 4. The van der Waals surface area contributed by atoms with E-state index < -0.39 is 67.2 Å². The number of para-hydroxylation sites is 3. The third kappa shape index (κ3) is 22.0. The second-order valence-electron chi connectivity index (χ2n) is 28.1. The minimum absolute atomic E-state index is 0.255. The van der Waals surface area contributed by atoms with Gasteiger partial charge in [-0.2, -0.15) is 0 Å². The summed E-state index contributed by atoms with van der Waals surface area (Å²) in [7, 11) is -8.86. The van der Waals surface area contributed by atoms with Crippen LogP contribution in [-0.4, -0.2) is 74.3 Å². The van der Waals surface area contributed by atoms with E-state index in [-0.39, 0.29) is 5.41 Å². The highest BCUT2D eigenvalue weighted by Crippen LogP contribution is 2.46. The lowest BCUT2D eigenvalue weighted by molar-refractivity contribution is 0.150. The molecule has 0 spiro atoms. The van der Waals surface area contributed by atoms with Gasteiger partial charge in [0, 0.05) is 12.5 Å². The van der Waals surface area contributed by atoms with Crippen LogP contribution in [0.15, 0.2) is 146 Å². The molecule has 1 saturated carbocycles. The van der Waals surface area contributed by atoms with E-state index in [1.165, 1.54) is 0 Å². The van der Waals surface area contributed by atoms with E-state index in [1.54, 1.807) is 6.07 Å². The Morgan fingerprint density at radius 1 is 0.393 bits per heavy atom. The van der Waals surface area contributed by atoms with E-state index in [9.17, 15) is 14.4 Å². The van der Waals surface area contributed by atoms with Crippen LogP contribution in [0.1, 0.15) is 91.2 Å². The number of hydrogen-bond donors (Lipinski definition) is 0. The van der Waals surface area contributed by atoms with E-state index in [1.807, 2.05) is 116 Å². The molecule has 7 rings (SSSR count). The molecule has 480 valence electrons. The summed E-state index contributed by atoms with van der Waals surface area (Å²) >= 11 is 0. The third-order valence-corrected chi connectivity index (χ3v) is 48.5. The Kier molecular flexibility index (Phi) is 25.1. The van der Waals surface area contributed by atoms with Crippen LogP contribution in [0.5, 0.6) is 34.5 Å². The Balaban J connectivity index is 0.847. The van der Waals surface area contributed by atoms with Crippen LogP contribution < -0.4 is 28.4 Å². The van der Waals surface area contributed by atoms with Crippen molar-refractivity contribution >= 4 is 67.2 Å². The summed E-state index contributed by atoms with van der Waals surface area (Å²) in [5.41, 5.74) is 6.03. The van der Waals surface area contributed by atoms with Crippen LogP contribution >= 0.6 is 0 Å². The van der Waals surface area contributed by atoms with Crippen molar-refractivity contribution in [2.75, 3.05) is 7.11 Å². The molecule has 0 aromatic heterocycles. The Hall–Kier alpha value is -5.69. The average molecular weight is 1310 g/mol. The molecular formula is C71H100O12Si6.